The van der Waals surface area contributed by atoms with Crippen molar-refractivity contribution in [2.45, 2.75) is 25.3 Å². The predicted molar refractivity (Wildman–Crippen MR) is 43.6 cm³/mol. The maximum absolute atomic E-state index is 10.8. The highest BCUT2D eigenvalue weighted by molar-refractivity contribution is 5.78. The summed E-state index contributed by atoms with van der Waals surface area (Å²) in [5.41, 5.74) is 0. The monoisotopic (exact) mass is 165 g/mol. The van der Waals surface area contributed by atoms with Crippen LogP contribution in [0.25, 0.3) is 0 Å². The molecule has 1 aliphatic rings. The topological polar surface area (TPSA) is 42.2 Å². The fourth-order valence-corrected chi connectivity index (χ4v) is 1.50. The lowest BCUT2D eigenvalue weighted by Crippen LogP contribution is -2.26. The summed E-state index contributed by atoms with van der Waals surface area (Å²) in [6.45, 7) is 0. The van der Waals surface area contributed by atoms with Gasteiger partial charge in [-0.25, -0.2) is 0 Å². The van der Waals surface area contributed by atoms with Crippen LogP contribution in [0.15, 0.2) is 22.8 Å². The van der Waals surface area contributed by atoms with Gasteiger partial charge in [-0.1, -0.05) is 0 Å². The molecule has 3 nitrogen and oxygen atoms in total. The first kappa shape index (κ1) is 7.40. The number of amides is 1. The molecule has 1 unspecified atom stereocenters. The largest absolute Gasteiger partial charge is 0.469 e. The van der Waals surface area contributed by atoms with Gasteiger partial charge in [0.25, 0.3) is 0 Å². The van der Waals surface area contributed by atoms with Crippen molar-refractivity contribution in [3.8, 4) is 0 Å². The molecule has 0 radical (unpaired) electrons. The van der Waals surface area contributed by atoms with Crippen LogP contribution in [0.3, 0.4) is 0 Å². The lowest BCUT2D eigenvalue weighted by atomic mass is 10.1. The molecule has 2 rings (SSSR count). The second-order valence-corrected chi connectivity index (χ2v) is 3.09. The van der Waals surface area contributed by atoms with Gasteiger partial charge in [-0.05, 0) is 18.6 Å². The van der Waals surface area contributed by atoms with E-state index < -0.39 is 0 Å². The Balaban J connectivity index is 1.92. The molecule has 1 fully saturated rings. The minimum atomic E-state index is 0.159. The van der Waals surface area contributed by atoms with Crippen molar-refractivity contribution in [2.75, 3.05) is 0 Å². The van der Waals surface area contributed by atoms with Gasteiger partial charge in [0.15, 0.2) is 0 Å². The highest BCUT2D eigenvalue weighted by Crippen LogP contribution is 2.12. The second-order valence-electron chi connectivity index (χ2n) is 3.09. The van der Waals surface area contributed by atoms with Crippen LogP contribution in [0.5, 0.6) is 0 Å². The Morgan fingerprint density at radius 1 is 1.67 bits per heavy atom. The van der Waals surface area contributed by atoms with Gasteiger partial charge in [0.1, 0.15) is 5.76 Å². The zero-order valence-electron chi connectivity index (χ0n) is 6.75. The first-order valence-electron chi connectivity index (χ1n) is 4.16. The molecule has 0 spiro atoms. The Kier molecular flexibility index (Phi) is 1.86. The minimum Gasteiger partial charge on any atom is -0.469 e. The summed E-state index contributed by atoms with van der Waals surface area (Å²) in [5, 5.41) is 2.89. The Labute approximate surface area is 70.8 Å². The summed E-state index contributed by atoms with van der Waals surface area (Å²) in [5.74, 6) is 1.11. The van der Waals surface area contributed by atoms with Crippen LogP contribution >= 0.6 is 0 Å². The molecule has 1 N–H and O–H groups in total. The lowest BCUT2D eigenvalue weighted by molar-refractivity contribution is -0.119. The van der Waals surface area contributed by atoms with E-state index in [-0.39, 0.29) is 11.9 Å². The zero-order valence-corrected chi connectivity index (χ0v) is 6.75. The molecule has 1 aliphatic heterocycles. The van der Waals surface area contributed by atoms with E-state index in [0.29, 0.717) is 6.42 Å². The van der Waals surface area contributed by atoms with Gasteiger partial charge in [-0.2, -0.15) is 0 Å². The highest BCUT2D eigenvalue weighted by atomic mass is 16.3. The van der Waals surface area contributed by atoms with Gasteiger partial charge in [-0.15, -0.1) is 0 Å². The van der Waals surface area contributed by atoms with E-state index in [1.807, 2.05) is 12.1 Å². The number of hydrogen-bond donors (Lipinski definition) is 1. The molecular weight excluding hydrogens is 154 g/mol. The van der Waals surface area contributed by atoms with Crippen molar-refractivity contribution in [1.82, 2.24) is 5.32 Å². The third-order valence-corrected chi connectivity index (χ3v) is 2.11. The summed E-state index contributed by atoms with van der Waals surface area (Å²) in [6.07, 6.45) is 4.07. The van der Waals surface area contributed by atoms with E-state index in [2.05, 4.69) is 5.32 Å². The Morgan fingerprint density at radius 2 is 2.58 bits per heavy atom. The number of nitrogens with one attached hydrogen (secondary N) is 1. The van der Waals surface area contributed by atoms with Crippen molar-refractivity contribution < 1.29 is 9.21 Å². The summed E-state index contributed by atoms with van der Waals surface area (Å²) < 4.78 is 5.18. The Hall–Kier alpha value is -1.25. The first-order valence-corrected chi connectivity index (χ1v) is 4.16. The van der Waals surface area contributed by atoms with E-state index in [9.17, 15) is 4.79 Å². The fraction of sp³-hybridized carbons (Fsp3) is 0.444. The fourth-order valence-electron chi connectivity index (χ4n) is 1.50. The highest BCUT2D eigenvalue weighted by Gasteiger charge is 2.21. The van der Waals surface area contributed by atoms with Gasteiger partial charge in [-0.3, -0.25) is 4.79 Å². The number of carbonyl (C=O) groups excluding carboxylic acids is 1. The maximum atomic E-state index is 10.8. The molecule has 64 valence electrons. The second kappa shape index (κ2) is 3.01. The SMILES string of the molecule is O=C1CCC(Cc2ccco2)N1. The third-order valence-electron chi connectivity index (χ3n) is 2.11. The summed E-state index contributed by atoms with van der Waals surface area (Å²) in [4.78, 5) is 10.8. The Bertz CT molecular complexity index is 266. The average molecular weight is 165 g/mol. The number of carbonyl (C=O) groups is 1. The first-order chi connectivity index (χ1) is 5.84. The zero-order chi connectivity index (χ0) is 8.39. The van der Waals surface area contributed by atoms with E-state index in [1.165, 1.54) is 0 Å². The van der Waals surface area contributed by atoms with Gasteiger partial charge < -0.3 is 9.73 Å². The van der Waals surface area contributed by atoms with E-state index in [0.717, 1.165) is 18.6 Å². The molecule has 2 heterocycles. The molecule has 0 saturated carbocycles. The van der Waals surface area contributed by atoms with Crippen molar-refractivity contribution in [3.05, 3.63) is 24.2 Å². The van der Waals surface area contributed by atoms with Crippen LogP contribution in [0, 0.1) is 0 Å². The van der Waals surface area contributed by atoms with Crippen molar-refractivity contribution >= 4 is 5.91 Å². The molecule has 0 aliphatic carbocycles. The van der Waals surface area contributed by atoms with Gasteiger partial charge in [0.2, 0.25) is 5.91 Å². The lowest BCUT2D eigenvalue weighted by Gasteiger charge is -2.05. The van der Waals surface area contributed by atoms with Gasteiger partial charge in [0, 0.05) is 18.9 Å². The van der Waals surface area contributed by atoms with Gasteiger partial charge >= 0.3 is 0 Å². The predicted octanol–water partition coefficient (Wildman–Crippen LogP) is 1.10. The molecule has 3 heteroatoms. The van der Waals surface area contributed by atoms with Crippen LogP contribution in [0.1, 0.15) is 18.6 Å². The van der Waals surface area contributed by atoms with Crippen LogP contribution in [0.4, 0.5) is 0 Å². The summed E-state index contributed by atoms with van der Waals surface area (Å²) in [7, 11) is 0. The molecule has 0 bridgehead atoms. The summed E-state index contributed by atoms with van der Waals surface area (Å²) in [6, 6.07) is 4.08. The van der Waals surface area contributed by atoms with E-state index >= 15 is 0 Å². The molecular formula is C9H11NO2. The Morgan fingerprint density at radius 3 is 3.17 bits per heavy atom. The quantitative estimate of drug-likeness (QED) is 0.713. The molecule has 1 amide bonds. The van der Waals surface area contributed by atoms with Crippen LogP contribution < -0.4 is 5.32 Å². The van der Waals surface area contributed by atoms with E-state index in [1.54, 1.807) is 6.26 Å². The molecule has 1 saturated heterocycles. The molecule has 12 heavy (non-hydrogen) atoms. The average Bonchev–Trinajstić information content (AvgIpc) is 2.63. The molecule has 1 atom stereocenters. The van der Waals surface area contributed by atoms with Crippen molar-refractivity contribution in [1.29, 1.82) is 0 Å². The summed E-state index contributed by atoms with van der Waals surface area (Å²) >= 11 is 0. The van der Waals surface area contributed by atoms with Crippen LogP contribution in [-0.4, -0.2) is 11.9 Å². The number of rotatable bonds is 2. The molecule has 1 aromatic rings. The normalized spacial score (nSPS) is 22.7. The molecule has 1 aromatic heterocycles. The maximum Gasteiger partial charge on any atom is 0.220 e. The standard InChI is InChI=1S/C9H11NO2/c11-9-4-3-7(10-9)6-8-2-1-5-12-8/h1-2,5,7H,3-4,6H2,(H,10,11). The van der Waals surface area contributed by atoms with Crippen molar-refractivity contribution in [2.24, 2.45) is 0 Å². The smallest absolute Gasteiger partial charge is 0.220 e. The van der Waals surface area contributed by atoms with E-state index in [4.69, 9.17) is 4.42 Å². The number of furan rings is 1. The third kappa shape index (κ3) is 1.49. The minimum absolute atomic E-state index is 0.159. The van der Waals surface area contributed by atoms with Crippen LogP contribution in [0.2, 0.25) is 0 Å². The van der Waals surface area contributed by atoms with Gasteiger partial charge in [0.05, 0.1) is 6.26 Å². The number of hydrogen-bond acceptors (Lipinski definition) is 2. The van der Waals surface area contributed by atoms with Crippen LogP contribution in [-0.2, 0) is 11.2 Å². The van der Waals surface area contributed by atoms with Crippen molar-refractivity contribution in [3.63, 3.8) is 0 Å². The molecule has 0 aromatic carbocycles.